The van der Waals surface area contributed by atoms with Crippen molar-refractivity contribution < 1.29 is 4.74 Å². The van der Waals surface area contributed by atoms with Crippen molar-refractivity contribution in [3.8, 4) is 5.75 Å². The third kappa shape index (κ3) is 1.61. The summed E-state index contributed by atoms with van der Waals surface area (Å²) in [6, 6.07) is 6.84. The van der Waals surface area contributed by atoms with Crippen LogP contribution in [0.25, 0.3) is 0 Å². The average molecular weight is 217 g/mol. The standard InChI is InChI=1S/C14H19NO/c1-15-10-14(6-7-14)12-5-4-11-3-2-8-16-13(11)9-12/h4-5,9,15H,2-3,6-8,10H2,1H3. The largest absolute Gasteiger partial charge is 0.493 e. The van der Waals surface area contributed by atoms with Gasteiger partial charge in [0.25, 0.3) is 0 Å². The molecule has 1 aliphatic heterocycles. The fraction of sp³-hybridized carbons (Fsp3) is 0.571. The van der Waals surface area contributed by atoms with Crippen LogP contribution in [-0.4, -0.2) is 20.2 Å². The van der Waals surface area contributed by atoms with Gasteiger partial charge in [-0.15, -0.1) is 0 Å². The molecular weight excluding hydrogens is 198 g/mol. The van der Waals surface area contributed by atoms with Gasteiger partial charge >= 0.3 is 0 Å². The third-order valence-corrected chi connectivity index (χ3v) is 3.90. The molecule has 2 heteroatoms. The lowest BCUT2D eigenvalue weighted by molar-refractivity contribution is 0.287. The highest BCUT2D eigenvalue weighted by atomic mass is 16.5. The normalized spacial score (nSPS) is 21.1. The quantitative estimate of drug-likeness (QED) is 0.838. The first-order chi connectivity index (χ1) is 7.84. The van der Waals surface area contributed by atoms with Gasteiger partial charge in [0.15, 0.2) is 0 Å². The molecule has 0 aromatic heterocycles. The second kappa shape index (κ2) is 3.77. The molecule has 2 aliphatic rings. The number of benzene rings is 1. The number of ether oxygens (including phenoxy) is 1. The van der Waals surface area contributed by atoms with Crippen LogP contribution < -0.4 is 10.1 Å². The second-order valence-corrected chi connectivity index (χ2v) is 5.09. The van der Waals surface area contributed by atoms with Gasteiger partial charge in [-0.1, -0.05) is 12.1 Å². The second-order valence-electron chi connectivity index (χ2n) is 5.09. The van der Waals surface area contributed by atoms with Crippen molar-refractivity contribution in [3.63, 3.8) is 0 Å². The molecule has 0 spiro atoms. The molecule has 1 heterocycles. The lowest BCUT2D eigenvalue weighted by atomic mass is 9.93. The molecule has 0 saturated heterocycles. The number of hydrogen-bond acceptors (Lipinski definition) is 2. The molecule has 3 rings (SSSR count). The van der Waals surface area contributed by atoms with Crippen LogP contribution in [0, 0.1) is 0 Å². The summed E-state index contributed by atoms with van der Waals surface area (Å²) in [6.45, 7) is 1.97. The number of aryl methyl sites for hydroxylation is 1. The Morgan fingerprint density at radius 2 is 2.25 bits per heavy atom. The summed E-state index contributed by atoms with van der Waals surface area (Å²) in [6.07, 6.45) is 4.96. The molecule has 0 radical (unpaired) electrons. The van der Waals surface area contributed by atoms with Crippen molar-refractivity contribution in [2.24, 2.45) is 0 Å². The van der Waals surface area contributed by atoms with Gasteiger partial charge in [0.2, 0.25) is 0 Å². The molecule has 1 aromatic carbocycles. The van der Waals surface area contributed by atoms with Crippen LogP contribution in [0.2, 0.25) is 0 Å². The lowest BCUT2D eigenvalue weighted by Crippen LogP contribution is -2.23. The summed E-state index contributed by atoms with van der Waals surface area (Å²) in [4.78, 5) is 0. The van der Waals surface area contributed by atoms with Gasteiger partial charge < -0.3 is 10.1 Å². The first-order valence-electron chi connectivity index (χ1n) is 6.25. The molecule has 0 atom stereocenters. The number of rotatable bonds is 3. The van der Waals surface area contributed by atoms with E-state index in [2.05, 4.69) is 23.5 Å². The van der Waals surface area contributed by atoms with Crippen molar-refractivity contribution >= 4 is 0 Å². The van der Waals surface area contributed by atoms with Gasteiger partial charge in [-0.25, -0.2) is 0 Å². The first-order valence-corrected chi connectivity index (χ1v) is 6.25. The van der Waals surface area contributed by atoms with Crippen LogP contribution >= 0.6 is 0 Å². The molecule has 2 nitrogen and oxygen atoms in total. The predicted molar refractivity (Wildman–Crippen MR) is 65.1 cm³/mol. The maximum Gasteiger partial charge on any atom is 0.122 e. The molecule has 16 heavy (non-hydrogen) atoms. The minimum absolute atomic E-state index is 0.407. The van der Waals surface area contributed by atoms with Gasteiger partial charge in [0.05, 0.1) is 6.61 Å². The Labute approximate surface area is 97.0 Å². The van der Waals surface area contributed by atoms with Gasteiger partial charge in [-0.3, -0.25) is 0 Å². The summed E-state index contributed by atoms with van der Waals surface area (Å²) in [5, 5.41) is 3.31. The lowest BCUT2D eigenvalue weighted by Gasteiger charge is -2.21. The molecule has 0 bridgehead atoms. The third-order valence-electron chi connectivity index (χ3n) is 3.90. The van der Waals surface area contributed by atoms with E-state index < -0.39 is 0 Å². The van der Waals surface area contributed by atoms with Gasteiger partial charge in [0, 0.05) is 12.0 Å². The molecule has 86 valence electrons. The molecule has 1 N–H and O–H groups in total. The summed E-state index contributed by atoms with van der Waals surface area (Å²) < 4.78 is 5.74. The smallest absolute Gasteiger partial charge is 0.122 e. The minimum atomic E-state index is 0.407. The summed E-state index contributed by atoms with van der Waals surface area (Å²) in [5.41, 5.74) is 3.25. The highest BCUT2D eigenvalue weighted by molar-refractivity contribution is 5.44. The Kier molecular flexibility index (Phi) is 2.40. The van der Waals surface area contributed by atoms with Crippen molar-refractivity contribution in [3.05, 3.63) is 29.3 Å². The van der Waals surface area contributed by atoms with Gasteiger partial charge in [0.1, 0.15) is 5.75 Å². The Balaban J connectivity index is 1.91. The molecule has 1 saturated carbocycles. The molecule has 0 unspecified atom stereocenters. The van der Waals surface area contributed by atoms with E-state index in [1.165, 1.54) is 30.4 Å². The average Bonchev–Trinajstić information content (AvgIpc) is 3.10. The zero-order valence-electron chi connectivity index (χ0n) is 9.88. The zero-order chi connectivity index (χ0) is 11.0. The monoisotopic (exact) mass is 217 g/mol. The van der Waals surface area contributed by atoms with Crippen molar-refractivity contribution in [1.82, 2.24) is 5.32 Å². The van der Waals surface area contributed by atoms with E-state index in [0.717, 1.165) is 25.3 Å². The van der Waals surface area contributed by atoms with Crippen LogP contribution in [0.3, 0.4) is 0 Å². The Hall–Kier alpha value is -1.02. The topological polar surface area (TPSA) is 21.3 Å². The van der Waals surface area contributed by atoms with E-state index in [1.807, 2.05) is 7.05 Å². The van der Waals surface area contributed by atoms with Gasteiger partial charge in [-0.05, 0) is 49.9 Å². The minimum Gasteiger partial charge on any atom is -0.493 e. The summed E-state index contributed by atoms with van der Waals surface area (Å²) in [5.74, 6) is 1.13. The maximum atomic E-state index is 5.74. The van der Waals surface area contributed by atoms with Gasteiger partial charge in [-0.2, -0.15) is 0 Å². The Morgan fingerprint density at radius 3 is 3.00 bits per heavy atom. The van der Waals surface area contributed by atoms with Crippen molar-refractivity contribution in [2.75, 3.05) is 20.2 Å². The van der Waals surface area contributed by atoms with E-state index in [-0.39, 0.29) is 0 Å². The number of likely N-dealkylation sites (N-methyl/N-ethyl adjacent to an activating group) is 1. The number of nitrogens with one attached hydrogen (secondary N) is 1. The van der Waals surface area contributed by atoms with E-state index in [9.17, 15) is 0 Å². The highest BCUT2D eigenvalue weighted by Crippen LogP contribution is 2.48. The molecule has 1 aromatic rings. The summed E-state index contributed by atoms with van der Waals surface area (Å²) >= 11 is 0. The Morgan fingerprint density at radius 1 is 1.38 bits per heavy atom. The fourth-order valence-corrected chi connectivity index (χ4v) is 2.73. The molecule has 1 fully saturated rings. The van der Waals surface area contributed by atoms with E-state index in [4.69, 9.17) is 4.74 Å². The molecular formula is C14H19NO. The maximum absolute atomic E-state index is 5.74. The fourth-order valence-electron chi connectivity index (χ4n) is 2.73. The Bertz CT molecular complexity index is 396. The van der Waals surface area contributed by atoms with E-state index in [0.29, 0.717) is 5.41 Å². The van der Waals surface area contributed by atoms with Crippen LogP contribution in [-0.2, 0) is 11.8 Å². The van der Waals surface area contributed by atoms with Crippen molar-refractivity contribution in [1.29, 1.82) is 0 Å². The molecule has 0 amide bonds. The molecule has 1 aliphatic carbocycles. The summed E-state index contributed by atoms with van der Waals surface area (Å²) in [7, 11) is 2.04. The SMILES string of the molecule is CNCC1(c2ccc3c(c2)OCCC3)CC1. The number of hydrogen-bond donors (Lipinski definition) is 1. The first kappa shape index (κ1) is 10.2. The number of fused-ring (bicyclic) bond motifs is 1. The van der Waals surface area contributed by atoms with Crippen molar-refractivity contribution in [2.45, 2.75) is 31.1 Å². The predicted octanol–water partition coefficient (Wildman–Crippen LogP) is 2.26. The van der Waals surface area contributed by atoms with Crippen LogP contribution in [0.1, 0.15) is 30.4 Å². The van der Waals surface area contributed by atoms with E-state index in [1.54, 1.807) is 0 Å². The van der Waals surface area contributed by atoms with Crippen LogP contribution in [0.4, 0.5) is 0 Å². The van der Waals surface area contributed by atoms with Crippen LogP contribution in [0.15, 0.2) is 18.2 Å². The zero-order valence-corrected chi connectivity index (χ0v) is 9.88. The van der Waals surface area contributed by atoms with Crippen LogP contribution in [0.5, 0.6) is 5.75 Å². The van der Waals surface area contributed by atoms with E-state index >= 15 is 0 Å². The highest BCUT2D eigenvalue weighted by Gasteiger charge is 2.43.